The Labute approximate surface area is 167 Å². The molecule has 0 bridgehead atoms. The molecule has 1 amide bonds. The molecule has 2 fully saturated rings. The van der Waals surface area contributed by atoms with Crippen molar-refractivity contribution in [3.63, 3.8) is 0 Å². The van der Waals surface area contributed by atoms with E-state index in [1.54, 1.807) is 24.1 Å². The van der Waals surface area contributed by atoms with Crippen LogP contribution in [0.1, 0.15) is 51.5 Å². The lowest BCUT2D eigenvalue weighted by atomic mass is 9.82. The van der Waals surface area contributed by atoms with Gasteiger partial charge >= 0.3 is 5.97 Å². The van der Waals surface area contributed by atoms with Crippen molar-refractivity contribution in [2.75, 3.05) is 19.0 Å². The number of amides is 1. The fraction of sp³-hybridized carbons (Fsp3) is 0.667. The second kappa shape index (κ2) is 9.37. The van der Waals surface area contributed by atoms with Gasteiger partial charge in [-0.25, -0.2) is 9.78 Å². The standard InChI is InChI=1S/C21H32N4O3/c1-3-28-21(27)19-17(11-15-9-10-23-18(22)12-15)20(26)25(19)13-24-14(2)16-7-5-4-6-8-16/h9-10,12,14,16-17,19,24H,3-8,11,13H2,1-2H3,(H2,22,23)/t14-,17-,19?/m1/s1. The van der Waals surface area contributed by atoms with Crippen molar-refractivity contribution in [3.8, 4) is 0 Å². The van der Waals surface area contributed by atoms with Crippen LogP contribution in [-0.2, 0) is 20.7 Å². The number of nitrogens with two attached hydrogens (primary N) is 1. The van der Waals surface area contributed by atoms with Gasteiger partial charge in [0.2, 0.25) is 5.91 Å². The van der Waals surface area contributed by atoms with E-state index in [0.29, 0.717) is 37.5 Å². The number of nitrogens with zero attached hydrogens (tertiary/aromatic N) is 2. The van der Waals surface area contributed by atoms with Crippen molar-refractivity contribution in [3.05, 3.63) is 23.9 Å². The number of carbonyl (C=O) groups is 2. The molecule has 3 atom stereocenters. The number of β-lactam (4-membered cyclic amide) rings is 1. The Balaban J connectivity index is 1.63. The minimum Gasteiger partial charge on any atom is -0.464 e. The van der Waals surface area contributed by atoms with E-state index in [2.05, 4.69) is 17.2 Å². The molecule has 0 spiro atoms. The van der Waals surface area contributed by atoms with Gasteiger partial charge in [0, 0.05) is 12.2 Å². The molecule has 7 nitrogen and oxygen atoms in total. The zero-order valence-corrected chi connectivity index (χ0v) is 16.9. The molecule has 28 heavy (non-hydrogen) atoms. The maximum absolute atomic E-state index is 12.8. The second-order valence-corrected chi connectivity index (χ2v) is 7.95. The molecule has 1 saturated carbocycles. The Morgan fingerprint density at radius 3 is 2.82 bits per heavy atom. The SMILES string of the molecule is CCOC(=O)C1[C@@H](Cc2ccnc(N)c2)C(=O)N1CN[C@H](C)C1CCCCC1. The summed E-state index contributed by atoms with van der Waals surface area (Å²) >= 11 is 0. The van der Waals surface area contributed by atoms with Crippen LogP contribution in [0.4, 0.5) is 5.82 Å². The second-order valence-electron chi connectivity index (χ2n) is 7.95. The molecule has 3 N–H and O–H groups in total. The number of likely N-dealkylation sites (tertiary alicyclic amines) is 1. The minimum absolute atomic E-state index is 0.0169. The van der Waals surface area contributed by atoms with Gasteiger partial charge in [0.1, 0.15) is 11.9 Å². The average molecular weight is 389 g/mol. The van der Waals surface area contributed by atoms with E-state index < -0.39 is 12.0 Å². The highest BCUT2D eigenvalue weighted by molar-refractivity contribution is 5.97. The first kappa shape index (κ1) is 20.6. The van der Waals surface area contributed by atoms with Crippen molar-refractivity contribution in [2.24, 2.45) is 11.8 Å². The van der Waals surface area contributed by atoms with Crippen LogP contribution in [0, 0.1) is 11.8 Å². The van der Waals surface area contributed by atoms with Crippen molar-refractivity contribution in [1.29, 1.82) is 0 Å². The summed E-state index contributed by atoms with van der Waals surface area (Å²) in [6, 6.07) is 3.36. The quantitative estimate of drug-likeness (QED) is 0.523. The number of nitrogen functional groups attached to an aromatic ring is 1. The van der Waals surface area contributed by atoms with Crippen LogP contribution in [0.15, 0.2) is 18.3 Å². The van der Waals surface area contributed by atoms with E-state index in [9.17, 15) is 9.59 Å². The number of anilines is 1. The number of rotatable bonds is 8. The molecular formula is C21H32N4O3. The summed E-state index contributed by atoms with van der Waals surface area (Å²) in [5.41, 5.74) is 6.65. The van der Waals surface area contributed by atoms with Crippen molar-refractivity contribution >= 4 is 17.7 Å². The largest absolute Gasteiger partial charge is 0.464 e. The molecular weight excluding hydrogens is 356 g/mol. The minimum atomic E-state index is -0.548. The van der Waals surface area contributed by atoms with Crippen LogP contribution in [-0.4, -0.2) is 47.1 Å². The summed E-state index contributed by atoms with van der Waals surface area (Å²) in [4.78, 5) is 30.9. The first-order chi connectivity index (χ1) is 13.5. The lowest BCUT2D eigenvalue weighted by Gasteiger charge is -2.46. The third kappa shape index (κ3) is 4.63. The third-order valence-corrected chi connectivity index (χ3v) is 6.09. The van der Waals surface area contributed by atoms with Crippen LogP contribution in [0.25, 0.3) is 0 Å². The maximum atomic E-state index is 12.8. The molecule has 1 saturated heterocycles. The molecule has 154 valence electrons. The number of esters is 1. The molecule has 1 aliphatic heterocycles. The van der Waals surface area contributed by atoms with Crippen LogP contribution >= 0.6 is 0 Å². The van der Waals surface area contributed by atoms with Crippen molar-refractivity contribution in [2.45, 2.75) is 64.5 Å². The van der Waals surface area contributed by atoms with E-state index in [-0.39, 0.29) is 11.9 Å². The van der Waals surface area contributed by atoms with Gasteiger partial charge < -0.3 is 15.4 Å². The number of ether oxygens (including phenoxy) is 1. The summed E-state index contributed by atoms with van der Waals surface area (Å²) in [6.07, 6.45) is 8.43. The Morgan fingerprint density at radius 1 is 1.39 bits per heavy atom. The lowest BCUT2D eigenvalue weighted by Crippen LogP contribution is -2.67. The molecule has 2 heterocycles. The molecule has 1 aliphatic carbocycles. The van der Waals surface area contributed by atoms with Gasteiger partial charge in [0.05, 0.1) is 19.2 Å². The van der Waals surface area contributed by atoms with Gasteiger partial charge in [-0.15, -0.1) is 0 Å². The Morgan fingerprint density at radius 2 is 2.14 bits per heavy atom. The van der Waals surface area contributed by atoms with Crippen LogP contribution in [0.3, 0.4) is 0 Å². The third-order valence-electron chi connectivity index (χ3n) is 6.09. The predicted molar refractivity (Wildman–Crippen MR) is 107 cm³/mol. The van der Waals surface area contributed by atoms with E-state index >= 15 is 0 Å². The van der Waals surface area contributed by atoms with Gasteiger partial charge in [-0.1, -0.05) is 19.3 Å². The van der Waals surface area contributed by atoms with Gasteiger partial charge in [-0.05, 0) is 56.7 Å². The van der Waals surface area contributed by atoms with Crippen molar-refractivity contribution in [1.82, 2.24) is 15.2 Å². The van der Waals surface area contributed by atoms with Gasteiger partial charge in [0.25, 0.3) is 0 Å². The number of pyridine rings is 1. The topological polar surface area (TPSA) is 97.5 Å². The number of hydrogen-bond donors (Lipinski definition) is 2. The summed E-state index contributed by atoms with van der Waals surface area (Å²) in [5, 5.41) is 3.47. The van der Waals surface area contributed by atoms with Gasteiger partial charge in [-0.3, -0.25) is 10.1 Å². The average Bonchev–Trinajstić information content (AvgIpc) is 2.70. The highest BCUT2D eigenvalue weighted by Crippen LogP contribution is 2.31. The first-order valence-electron chi connectivity index (χ1n) is 10.4. The zero-order valence-electron chi connectivity index (χ0n) is 16.9. The summed E-state index contributed by atoms with van der Waals surface area (Å²) in [6.45, 7) is 4.65. The van der Waals surface area contributed by atoms with Crippen LogP contribution in [0.5, 0.6) is 0 Å². The Hall–Kier alpha value is -2.15. The first-order valence-corrected chi connectivity index (χ1v) is 10.4. The zero-order chi connectivity index (χ0) is 20.1. The van der Waals surface area contributed by atoms with E-state index in [1.165, 1.54) is 32.1 Å². The lowest BCUT2D eigenvalue weighted by molar-refractivity contribution is -0.175. The Kier molecular flexibility index (Phi) is 6.88. The number of carbonyl (C=O) groups excluding carboxylic acids is 2. The van der Waals surface area contributed by atoms with E-state index in [4.69, 9.17) is 10.5 Å². The van der Waals surface area contributed by atoms with Gasteiger partial charge in [-0.2, -0.15) is 0 Å². The van der Waals surface area contributed by atoms with E-state index in [0.717, 1.165) is 5.56 Å². The summed E-state index contributed by atoms with van der Waals surface area (Å²) in [7, 11) is 0. The van der Waals surface area contributed by atoms with Crippen LogP contribution in [0.2, 0.25) is 0 Å². The molecule has 1 unspecified atom stereocenters. The molecule has 1 aromatic heterocycles. The highest BCUT2D eigenvalue weighted by atomic mass is 16.5. The molecule has 1 aromatic rings. The molecule has 2 aliphatic rings. The van der Waals surface area contributed by atoms with Crippen LogP contribution < -0.4 is 11.1 Å². The van der Waals surface area contributed by atoms with Crippen molar-refractivity contribution < 1.29 is 14.3 Å². The normalized spacial score (nSPS) is 23.9. The smallest absolute Gasteiger partial charge is 0.329 e. The molecule has 3 rings (SSSR count). The highest BCUT2D eigenvalue weighted by Gasteiger charge is 2.52. The van der Waals surface area contributed by atoms with Gasteiger partial charge in [0.15, 0.2) is 0 Å². The molecule has 0 radical (unpaired) electrons. The predicted octanol–water partition coefficient (Wildman–Crippen LogP) is 2.11. The summed E-state index contributed by atoms with van der Waals surface area (Å²) < 4.78 is 5.24. The number of nitrogens with one attached hydrogen (secondary N) is 1. The number of aromatic nitrogens is 1. The fourth-order valence-corrected chi connectivity index (χ4v) is 4.43. The van der Waals surface area contributed by atoms with E-state index in [1.807, 2.05) is 6.07 Å². The summed E-state index contributed by atoms with van der Waals surface area (Å²) in [5.74, 6) is 0.296. The molecule has 0 aromatic carbocycles. The number of hydrogen-bond acceptors (Lipinski definition) is 6. The Bertz CT molecular complexity index is 690. The molecule has 7 heteroatoms. The maximum Gasteiger partial charge on any atom is 0.329 e. The monoisotopic (exact) mass is 388 g/mol. The fourth-order valence-electron chi connectivity index (χ4n) is 4.43.